The summed E-state index contributed by atoms with van der Waals surface area (Å²) in [5, 5.41) is 17.8. The lowest BCUT2D eigenvalue weighted by Gasteiger charge is -2.45. The minimum absolute atomic E-state index is 0.307. The summed E-state index contributed by atoms with van der Waals surface area (Å²) in [5.74, 6) is 3.46. The standard InChI is InChI=1S/C13H19NO.C8H8O2S.C6H6O/c1-13(2)10-14(11-13)8-9-15-12-6-4-3-5-7-12;9-6-1-2-7-8(5-6)11-4-3-10-7;7-6-4-2-1-3-5-6/h3-7H,8-11H2,1-2H3;1-2,5,9H,3-4H2;1-5,7H. The zero-order chi connectivity index (χ0) is 23.5. The smallest absolute Gasteiger partial charge is 0.133 e. The van der Waals surface area contributed by atoms with Crippen LogP contribution in [-0.4, -0.2) is 53.7 Å². The van der Waals surface area contributed by atoms with Crippen LogP contribution in [0.1, 0.15) is 13.8 Å². The second-order valence-electron chi connectivity index (χ2n) is 8.70. The summed E-state index contributed by atoms with van der Waals surface area (Å²) in [6, 6.07) is 23.9. The Bertz CT molecular complexity index is 958. The van der Waals surface area contributed by atoms with Crippen molar-refractivity contribution in [1.29, 1.82) is 0 Å². The van der Waals surface area contributed by atoms with Crippen molar-refractivity contribution in [2.24, 2.45) is 5.41 Å². The topological polar surface area (TPSA) is 62.2 Å². The number of rotatable bonds is 4. The number of likely N-dealkylation sites (tertiary alicyclic amines) is 1. The molecular weight excluding hydrogens is 434 g/mol. The fourth-order valence-electron chi connectivity index (χ4n) is 3.59. The van der Waals surface area contributed by atoms with Crippen LogP contribution in [0.25, 0.3) is 0 Å². The van der Waals surface area contributed by atoms with Gasteiger partial charge in [-0.25, -0.2) is 0 Å². The van der Waals surface area contributed by atoms with Crippen molar-refractivity contribution >= 4 is 11.8 Å². The minimum atomic E-state index is 0.307. The van der Waals surface area contributed by atoms with E-state index in [1.54, 1.807) is 54.2 Å². The molecule has 3 aromatic rings. The van der Waals surface area contributed by atoms with Crippen LogP contribution in [0.3, 0.4) is 0 Å². The third-order valence-corrected chi connectivity index (χ3v) is 6.01. The Morgan fingerprint density at radius 2 is 1.58 bits per heavy atom. The number of phenolic OH excluding ortho intramolecular Hbond substituents is 2. The van der Waals surface area contributed by atoms with E-state index in [2.05, 4.69) is 18.7 Å². The molecule has 6 heteroatoms. The summed E-state index contributed by atoms with van der Waals surface area (Å²) in [6.07, 6.45) is 0. The monoisotopic (exact) mass is 467 g/mol. The maximum atomic E-state index is 9.12. The van der Waals surface area contributed by atoms with Crippen molar-refractivity contribution in [3.05, 3.63) is 78.9 Å². The summed E-state index contributed by atoms with van der Waals surface area (Å²) >= 11 is 1.72. The molecule has 0 radical (unpaired) electrons. The van der Waals surface area contributed by atoms with Crippen LogP contribution >= 0.6 is 11.8 Å². The van der Waals surface area contributed by atoms with Crippen LogP contribution in [0.2, 0.25) is 0 Å². The first-order valence-corrected chi connectivity index (χ1v) is 12.1. The number of ether oxygens (including phenoxy) is 2. The van der Waals surface area contributed by atoms with Gasteiger partial charge < -0.3 is 19.7 Å². The van der Waals surface area contributed by atoms with E-state index in [0.29, 0.717) is 16.9 Å². The number of thioether (sulfide) groups is 1. The second kappa shape index (κ2) is 12.4. The summed E-state index contributed by atoms with van der Waals surface area (Å²) in [5.41, 5.74) is 0.521. The molecule has 176 valence electrons. The number of nitrogens with zero attached hydrogens (tertiary/aromatic N) is 1. The molecule has 0 aromatic heterocycles. The van der Waals surface area contributed by atoms with Crippen molar-refractivity contribution < 1.29 is 19.7 Å². The van der Waals surface area contributed by atoms with E-state index in [9.17, 15) is 0 Å². The van der Waals surface area contributed by atoms with Crippen molar-refractivity contribution in [3.63, 3.8) is 0 Å². The highest BCUT2D eigenvalue weighted by Crippen LogP contribution is 2.35. The molecule has 0 saturated carbocycles. The van der Waals surface area contributed by atoms with Gasteiger partial charge >= 0.3 is 0 Å². The van der Waals surface area contributed by atoms with Crippen LogP contribution in [0.5, 0.6) is 23.0 Å². The summed E-state index contributed by atoms with van der Waals surface area (Å²) in [6.45, 7) is 9.61. The van der Waals surface area contributed by atoms with Gasteiger partial charge in [0.2, 0.25) is 0 Å². The first-order chi connectivity index (χ1) is 15.9. The van der Waals surface area contributed by atoms with E-state index in [0.717, 1.165) is 41.9 Å². The predicted octanol–water partition coefficient (Wildman–Crippen LogP) is 5.68. The van der Waals surface area contributed by atoms with E-state index < -0.39 is 0 Å². The zero-order valence-electron chi connectivity index (χ0n) is 19.3. The van der Waals surface area contributed by atoms with Gasteiger partial charge in [-0.3, -0.25) is 4.90 Å². The molecule has 33 heavy (non-hydrogen) atoms. The minimum Gasteiger partial charge on any atom is -0.508 e. The van der Waals surface area contributed by atoms with Gasteiger partial charge in [-0.1, -0.05) is 50.2 Å². The van der Waals surface area contributed by atoms with Gasteiger partial charge in [-0.15, -0.1) is 11.8 Å². The van der Waals surface area contributed by atoms with Crippen molar-refractivity contribution in [2.45, 2.75) is 18.7 Å². The average Bonchev–Trinajstić information content (AvgIpc) is 2.80. The van der Waals surface area contributed by atoms with E-state index in [4.69, 9.17) is 19.7 Å². The van der Waals surface area contributed by atoms with Crippen LogP contribution in [0, 0.1) is 5.41 Å². The molecule has 0 unspecified atom stereocenters. The number of fused-ring (bicyclic) bond motifs is 1. The van der Waals surface area contributed by atoms with Crippen LogP contribution in [0.15, 0.2) is 83.8 Å². The maximum Gasteiger partial charge on any atom is 0.133 e. The lowest BCUT2D eigenvalue weighted by molar-refractivity contribution is 0.0213. The van der Waals surface area contributed by atoms with Gasteiger partial charge in [-0.2, -0.15) is 0 Å². The van der Waals surface area contributed by atoms with E-state index in [1.807, 2.05) is 36.4 Å². The first kappa shape index (κ1) is 24.8. The Morgan fingerprint density at radius 1 is 0.909 bits per heavy atom. The molecule has 3 aromatic carbocycles. The molecule has 5 nitrogen and oxygen atoms in total. The molecule has 1 fully saturated rings. The van der Waals surface area contributed by atoms with Gasteiger partial charge in [0, 0.05) is 25.4 Å². The second-order valence-corrected chi connectivity index (χ2v) is 9.84. The Balaban J connectivity index is 0.000000149. The molecule has 0 atom stereocenters. The number of para-hydroxylation sites is 2. The number of phenols is 2. The lowest BCUT2D eigenvalue weighted by atomic mass is 9.84. The number of hydrogen-bond donors (Lipinski definition) is 2. The third-order valence-electron chi connectivity index (χ3n) is 5.00. The molecule has 0 bridgehead atoms. The van der Waals surface area contributed by atoms with Gasteiger partial charge in [0.1, 0.15) is 29.6 Å². The molecule has 5 rings (SSSR count). The highest BCUT2D eigenvalue weighted by atomic mass is 32.2. The highest BCUT2D eigenvalue weighted by molar-refractivity contribution is 7.99. The Hall–Kier alpha value is -2.83. The SMILES string of the molecule is CC1(C)CN(CCOc2ccccc2)C1.Oc1ccc2c(c1)SCCO2.Oc1ccccc1. The Morgan fingerprint density at radius 3 is 2.18 bits per heavy atom. The van der Waals surface area contributed by atoms with E-state index >= 15 is 0 Å². The molecular formula is C27H33NO4S. The quantitative estimate of drug-likeness (QED) is 0.515. The fraction of sp³-hybridized carbons (Fsp3) is 0.333. The molecule has 2 N–H and O–H groups in total. The average molecular weight is 468 g/mol. The van der Waals surface area contributed by atoms with Gasteiger partial charge in [-0.05, 0) is 47.9 Å². The summed E-state index contributed by atoms with van der Waals surface area (Å²) < 4.78 is 11.0. The zero-order valence-corrected chi connectivity index (χ0v) is 20.1. The van der Waals surface area contributed by atoms with Crippen molar-refractivity contribution in [1.82, 2.24) is 4.90 Å². The van der Waals surface area contributed by atoms with Crippen LogP contribution in [0.4, 0.5) is 0 Å². The van der Waals surface area contributed by atoms with Crippen molar-refractivity contribution in [2.75, 3.05) is 38.6 Å². The lowest BCUT2D eigenvalue weighted by Crippen LogP contribution is -2.53. The molecule has 0 aliphatic carbocycles. The highest BCUT2D eigenvalue weighted by Gasteiger charge is 2.33. The largest absolute Gasteiger partial charge is 0.508 e. The first-order valence-electron chi connectivity index (χ1n) is 11.1. The van der Waals surface area contributed by atoms with Crippen molar-refractivity contribution in [3.8, 4) is 23.0 Å². The Labute approximate surface area is 201 Å². The fourth-order valence-corrected chi connectivity index (χ4v) is 4.45. The van der Waals surface area contributed by atoms with E-state index in [-0.39, 0.29) is 0 Å². The molecule has 0 amide bonds. The van der Waals surface area contributed by atoms with Gasteiger partial charge in [0.05, 0.1) is 11.5 Å². The molecule has 2 aliphatic heterocycles. The normalized spacial score (nSPS) is 15.8. The number of aromatic hydroxyl groups is 2. The number of hydrogen-bond acceptors (Lipinski definition) is 6. The molecule has 0 spiro atoms. The summed E-state index contributed by atoms with van der Waals surface area (Å²) in [7, 11) is 0. The predicted molar refractivity (Wildman–Crippen MR) is 135 cm³/mol. The van der Waals surface area contributed by atoms with Gasteiger partial charge in [0.25, 0.3) is 0 Å². The molecule has 2 heterocycles. The van der Waals surface area contributed by atoms with E-state index in [1.165, 1.54) is 13.1 Å². The third kappa shape index (κ3) is 8.91. The maximum absolute atomic E-state index is 9.12. The van der Waals surface area contributed by atoms with Gasteiger partial charge in [0.15, 0.2) is 0 Å². The Kier molecular flexibility index (Phi) is 9.34. The van der Waals surface area contributed by atoms with Crippen LogP contribution in [-0.2, 0) is 0 Å². The van der Waals surface area contributed by atoms with Crippen LogP contribution < -0.4 is 9.47 Å². The molecule has 1 saturated heterocycles. The number of benzene rings is 3. The summed E-state index contributed by atoms with van der Waals surface area (Å²) in [4.78, 5) is 3.47. The molecule has 2 aliphatic rings.